The van der Waals surface area contributed by atoms with Crippen molar-refractivity contribution in [2.24, 2.45) is 11.8 Å². The van der Waals surface area contributed by atoms with Crippen LogP contribution in [0.15, 0.2) is 142 Å². The minimum absolute atomic E-state index is 0.132. The lowest BCUT2D eigenvalue weighted by atomic mass is 9.79. The van der Waals surface area contributed by atoms with E-state index in [1.807, 2.05) is 55.5 Å². The van der Waals surface area contributed by atoms with Gasteiger partial charge in [0.05, 0.1) is 73.7 Å². The van der Waals surface area contributed by atoms with E-state index in [4.69, 9.17) is 67.5 Å². The summed E-state index contributed by atoms with van der Waals surface area (Å²) < 4.78 is 72.7. The lowest BCUT2D eigenvalue weighted by Crippen LogP contribution is -2.69. The summed E-state index contributed by atoms with van der Waals surface area (Å²) in [5.41, 5.74) is 3.53. The molecule has 0 saturated carbocycles. The molecule has 0 spiro atoms. The van der Waals surface area contributed by atoms with Crippen LogP contribution in [-0.4, -0.2) is 124 Å². The average Bonchev–Trinajstić information content (AvgIpc) is 0.993. The second-order valence-electron chi connectivity index (χ2n) is 25.2. The summed E-state index contributed by atoms with van der Waals surface area (Å²) in [7, 11) is 1.87. The second kappa shape index (κ2) is 29.0. The zero-order valence-electron chi connectivity index (χ0n) is 51.9. The zero-order valence-corrected chi connectivity index (χ0v) is 52.9. The van der Waals surface area contributed by atoms with Gasteiger partial charge >= 0.3 is 5.97 Å². The predicted octanol–water partition coefficient (Wildman–Crippen LogP) is 11.7. The van der Waals surface area contributed by atoms with Crippen LogP contribution in [0.25, 0.3) is 12.2 Å². The van der Waals surface area contributed by atoms with E-state index in [0.717, 1.165) is 27.1 Å². The van der Waals surface area contributed by atoms with Crippen molar-refractivity contribution < 1.29 is 61.1 Å². The van der Waals surface area contributed by atoms with Gasteiger partial charge < -0.3 is 56.3 Å². The predicted molar refractivity (Wildman–Crippen MR) is 333 cm³/mol. The Morgan fingerprint density at radius 2 is 1.64 bits per heavy atom. The highest BCUT2D eigenvalue weighted by Gasteiger charge is 2.54. The number of aliphatic hydroxyl groups excluding tert-OH is 1. The summed E-state index contributed by atoms with van der Waals surface area (Å²) in [5, 5.41) is 12.9. The molecule has 15 atom stereocenters. The topological polar surface area (TPSA) is 172 Å². The zero-order chi connectivity index (χ0) is 61.2. The lowest BCUT2D eigenvalue weighted by Gasteiger charge is -2.49. The Bertz CT molecular complexity index is 3040. The summed E-state index contributed by atoms with van der Waals surface area (Å²) in [6.45, 7) is 19.3. The number of hydrogen-bond donors (Lipinski definition) is 1. The largest absolute Gasteiger partial charge is 0.458 e. The van der Waals surface area contributed by atoms with Crippen molar-refractivity contribution in [2.75, 3.05) is 21.3 Å². The van der Waals surface area contributed by atoms with Gasteiger partial charge in [-0.25, -0.2) is 14.8 Å². The Morgan fingerprint density at radius 1 is 0.919 bits per heavy atom. The molecule has 8 bridgehead atoms. The Morgan fingerprint density at radius 3 is 2.33 bits per heavy atom. The summed E-state index contributed by atoms with van der Waals surface area (Å²) in [6, 6.07) is 21.2. The van der Waals surface area contributed by atoms with Crippen LogP contribution in [0.2, 0.25) is 5.04 Å². The van der Waals surface area contributed by atoms with Crippen molar-refractivity contribution in [3.63, 3.8) is 0 Å². The molecule has 2 aromatic carbocycles. The Kier molecular flexibility index (Phi) is 21.8. The number of benzene rings is 2. The van der Waals surface area contributed by atoms with Crippen LogP contribution in [0.4, 0.5) is 0 Å². The highest BCUT2D eigenvalue weighted by molar-refractivity contribution is 6.99. The number of carbonyl (C=O) groups is 1. The number of carbonyl (C=O) groups excluding carboxylic acids is 1. The van der Waals surface area contributed by atoms with Crippen LogP contribution < -0.4 is 10.4 Å². The average molecular weight is 1200 g/mol. The van der Waals surface area contributed by atoms with Crippen LogP contribution in [-0.2, 0) is 53.5 Å². The molecule has 9 rings (SSSR count). The molecule has 462 valence electrons. The van der Waals surface area contributed by atoms with Gasteiger partial charge in [0.1, 0.15) is 29.9 Å². The van der Waals surface area contributed by atoms with Crippen molar-refractivity contribution in [1.82, 2.24) is 9.97 Å². The van der Waals surface area contributed by atoms with Crippen LogP contribution in [0.5, 0.6) is 0 Å². The molecule has 5 aliphatic heterocycles. The molecule has 1 N–H and O–H groups in total. The van der Waals surface area contributed by atoms with Crippen molar-refractivity contribution >= 4 is 36.8 Å². The summed E-state index contributed by atoms with van der Waals surface area (Å²) in [4.78, 5) is 23.4. The fraction of sp³-hybridized carbons (Fsp3) is 0.529. The second-order valence-corrected chi connectivity index (χ2v) is 29.5. The number of aliphatic hydroxyl groups is 1. The number of fused-ring (bicyclic) bond motifs is 9. The number of esters is 1. The van der Waals surface area contributed by atoms with Gasteiger partial charge in [-0.3, -0.25) is 0 Å². The number of rotatable bonds is 16. The van der Waals surface area contributed by atoms with Crippen LogP contribution in [0.1, 0.15) is 142 Å². The number of allylic oxidation sites excluding steroid dienone is 2. The fourth-order valence-electron chi connectivity index (χ4n) is 13.4. The Labute approximate surface area is 510 Å². The van der Waals surface area contributed by atoms with Crippen molar-refractivity contribution in [3.8, 4) is 12.3 Å². The molecule has 2 aromatic heterocycles. The molecule has 4 aromatic rings. The van der Waals surface area contributed by atoms with Gasteiger partial charge in [0.25, 0.3) is 8.32 Å². The third-order valence-electron chi connectivity index (χ3n) is 17.8. The molecule has 0 aliphatic carbocycles. The van der Waals surface area contributed by atoms with Crippen molar-refractivity contribution in [2.45, 2.75) is 203 Å². The van der Waals surface area contributed by atoms with Crippen molar-refractivity contribution in [3.05, 3.63) is 156 Å². The summed E-state index contributed by atoms with van der Waals surface area (Å²) in [5.74, 6) is 1.96. The van der Waals surface area contributed by atoms with E-state index >= 15 is 0 Å². The molecule has 4 saturated heterocycles. The molecular weight excluding hydrogens is 1100 g/mol. The van der Waals surface area contributed by atoms with Crippen LogP contribution in [0, 0.1) is 24.2 Å². The fourth-order valence-corrected chi connectivity index (χ4v) is 18.1. The van der Waals surface area contributed by atoms with Crippen LogP contribution in [0.3, 0.4) is 0 Å². The Hall–Kier alpha value is -5.81. The summed E-state index contributed by atoms with van der Waals surface area (Å²) in [6.07, 6.45) is 25.2. The number of terminal acetylenes is 1. The number of hydrogen-bond acceptors (Lipinski definition) is 15. The van der Waals surface area contributed by atoms with Gasteiger partial charge in [-0.15, -0.1) is 12.3 Å². The van der Waals surface area contributed by atoms with Gasteiger partial charge in [0, 0.05) is 71.3 Å². The first kappa shape index (κ1) is 64.7. The number of ether oxygens (including phenoxy) is 8. The highest BCUT2D eigenvalue weighted by Crippen LogP contribution is 2.43. The normalized spacial score (nSPS) is 31.5. The maximum atomic E-state index is 13.8. The maximum absolute atomic E-state index is 13.8. The van der Waals surface area contributed by atoms with Gasteiger partial charge in [-0.1, -0.05) is 143 Å². The molecule has 5 aliphatic rings. The first-order valence-corrected chi connectivity index (χ1v) is 32.5. The molecule has 4 fully saturated rings. The van der Waals surface area contributed by atoms with Crippen LogP contribution >= 0.6 is 0 Å². The smallest absolute Gasteiger partial charge is 0.330 e. The third kappa shape index (κ3) is 15.7. The molecule has 0 amide bonds. The van der Waals surface area contributed by atoms with E-state index in [9.17, 15) is 9.90 Å². The monoisotopic (exact) mass is 1190 g/mol. The van der Waals surface area contributed by atoms with Gasteiger partial charge in [-0.2, -0.15) is 0 Å². The number of oxazole rings is 2. The third-order valence-corrected chi connectivity index (χ3v) is 22.8. The first-order valence-electron chi connectivity index (χ1n) is 30.6. The quantitative estimate of drug-likeness (QED) is 0.0369. The number of aromatic nitrogens is 2. The van der Waals surface area contributed by atoms with E-state index in [1.165, 1.54) is 6.08 Å². The number of nitrogens with zero attached hydrogens (tertiary/aromatic N) is 2. The van der Waals surface area contributed by atoms with E-state index in [0.29, 0.717) is 87.4 Å². The van der Waals surface area contributed by atoms with E-state index in [2.05, 4.69) is 109 Å². The first-order chi connectivity index (χ1) is 41.3. The standard InChI is InChI=1S/C70H90N2O13Si/c1-13-22-51(75-10)32-31-45(2)35-63(85-86(69(7,8)9,57-24-16-14-17-25-57)58-26-18-15-19-27-58)62-40-55(76-11)41-70(77-12,84-62)42-65-71-43-56(81-65)36-47(4)67-49(6)68-48(5)60(82-67)28-21-29-64-72-59(44-78-64)61-38-50(73)37-54(80-61)39-53-34-46(3)33-52(79-53)23-20-30-66(74)83-68/h1,14-21,24-27,29-32,35-36,43-44,48-55,60-63,67-68,73H,3,22-23,28,33-34,37-42H2,2,4-12H3/b29-21-,30-20-,32-31+,45-35+,47-36+. The molecular formula is C70H90N2O13Si. The SMILES string of the molecule is C#CCC(/C=C/C(C)=C/C(O[Si](c1ccccc1)(c1ccccc1)C(C)(C)C)C1CC(OC)CC(Cc2ncc(/C=C(\C)C3OC4C/C=C\c5nc(co5)C5CC(O)CC(CC6CC(=C)CC(C/C=C\C(=O)OC(C4C)C3C)O6)O5)o2)(OC)O1)OC. The minimum Gasteiger partial charge on any atom is -0.458 e. The van der Waals surface area contributed by atoms with Crippen molar-refractivity contribution in [1.29, 1.82) is 0 Å². The van der Waals surface area contributed by atoms with E-state index < -0.39 is 56.7 Å². The number of methoxy groups -OCH3 is 3. The highest BCUT2D eigenvalue weighted by atomic mass is 28.4. The molecule has 15 unspecified atom stereocenters. The van der Waals surface area contributed by atoms with Gasteiger partial charge in [-0.05, 0) is 79.1 Å². The van der Waals surface area contributed by atoms with E-state index in [-0.39, 0.29) is 59.9 Å². The molecule has 15 nitrogen and oxygen atoms in total. The lowest BCUT2D eigenvalue weighted by molar-refractivity contribution is -0.297. The van der Waals surface area contributed by atoms with E-state index in [1.54, 1.807) is 33.8 Å². The molecule has 7 heterocycles. The minimum atomic E-state index is -3.17. The molecule has 16 heteroatoms. The molecule has 86 heavy (non-hydrogen) atoms. The summed E-state index contributed by atoms with van der Waals surface area (Å²) >= 11 is 0. The maximum Gasteiger partial charge on any atom is 0.330 e. The molecule has 0 radical (unpaired) electrons. The van der Waals surface area contributed by atoms with Gasteiger partial charge in [0.2, 0.25) is 5.89 Å². The Balaban J connectivity index is 0.987. The van der Waals surface area contributed by atoms with Gasteiger partial charge in [0.15, 0.2) is 11.7 Å².